The minimum Gasteiger partial charge on any atom is -0.478 e. The van der Waals surface area contributed by atoms with Gasteiger partial charge in [0.2, 0.25) is 5.91 Å². The third-order valence-corrected chi connectivity index (χ3v) is 7.45. The smallest absolute Gasteiger partial charge is 0.336 e. The third-order valence-electron chi connectivity index (χ3n) is 5.68. The first kappa shape index (κ1) is 25.2. The maximum Gasteiger partial charge on any atom is 0.336 e. The molecule has 9 heteroatoms. The summed E-state index contributed by atoms with van der Waals surface area (Å²) >= 11 is 2.75. The highest BCUT2D eigenvalue weighted by Crippen LogP contribution is 2.27. The van der Waals surface area contributed by atoms with Gasteiger partial charge >= 0.3 is 5.97 Å². The Morgan fingerprint density at radius 2 is 1.53 bits per heavy atom. The Balaban J connectivity index is 1.19. The van der Waals surface area contributed by atoms with E-state index in [1.54, 1.807) is 42.5 Å². The van der Waals surface area contributed by atoms with Gasteiger partial charge in [0.1, 0.15) is 0 Å². The van der Waals surface area contributed by atoms with Crippen LogP contribution in [0.15, 0.2) is 101 Å². The number of thioether (sulfide) groups is 1. The summed E-state index contributed by atoms with van der Waals surface area (Å²) in [4.78, 5) is 42.5. The van der Waals surface area contributed by atoms with Gasteiger partial charge in [-0.3, -0.25) is 9.59 Å². The van der Waals surface area contributed by atoms with Gasteiger partial charge < -0.3 is 15.7 Å². The molecule has 1 aromatic heterocycles. The molecule has 5 rings (SSSR count). The van der Waals surface area contributed by atoms with E-state index in [9.17, 15) is 19.5 Å². The number of carboxylic acids is 1. The van der Waals surface area contributed by atoms with E-state index in [0.717, 1.165) is 16.2 Å². The number of thiazole rings is 1. The van der Waals surface area contributed by atoms with Crippen LogP contribution < -0.4 is 10.6 Å². The van der Waals surface area contributed by atoms with Gasteiger partial charge in [0.15, 0.2) is 5.13 Å². The average molecular weight is 540 g/mol. The SMILES string of the molecule is O=C(CSc1ccc(NC(=O)c2cccc3cccc(C(=O)O)c23)cc1)Nc1nc(-c2ccccc2)cs1. The summed E-state index contributed by atoms with van der Waals surface area (Å²) < 4.78 is 0. The van der Waals surface area contributed by atoms with Crippen LogP contribution in [0.4, 0.5) is 10.8 Å². The molecule has 0 aliphatic carbocycles. The Bertz CT molecular complexity index is 1630. The number of aromatic carboxylic acids is 1. The van der Waals surface area contributed by atoms with Gasteiger partial charge in [0.05, 0.1) is 17.0 Å². The van der Waals surface area contributed by atoms with Crippen molar-refractivity contribution in [2.75, 3.05) is 16.4 Å². The molecule has 7 nitrogen and oxygen atoms in total. The second-order valence-corrected chi connectivity index (χ2v) is 10.1. The highest BCUT2D eigenvalue weighted by molar-refractivity contribution is 8.00. The number of fused-ring (bicyclic) bond motifs is 1. The first-order valence-corrected chi connectivity index (χ1v) is 13.4. The molecule has 2 amide bonds. The molecule has 0 atom stereocenters. The Kier molecular flexibility index (Phi) is 7.48. The summed E-state index contributed by atoms with van der Waals surface area (Å²) in [6, 6.07) is 26.9. The van der Waals surface area contributed by atoms with E-state index < -0.39 is 11.9 Å². The zero-order valence-corrected chi connectivity index (χ0v) is 21.5. The van der Waals surface area contributed by atoms with E-state index >= 15 is 0 Å². The van der Waals surface area contributed by atoms with Crippen LogP contribution >= 0.6 is 23.1 Å². The number of hydrogen-bond donors (Lipinski definition) is 3. The summed E-state index contributed by atoms with van der Waals surface area (Å²) in [6.45, 7) is 0. The summed E-state index contributed by atoms with van der Waals surface area (Å²) in [7, 11) is 0. The van der Waals surface area contributed by atoms with Crippen molar-refractivity contribution in [1.82, 2.24) is 4.98 Å². The lowest BCUT2D eigenvalue weighted by Gasteiger charge is -2.11. The molecule has 0 unspecified atom stereocenters. The highest BCUT2D eigenvalue weighted by atomic mass is 32.2. The molecule has 38 heavy (non-hydrogen) atoms. The Labute approximate surface area is 226 Å². The average Bonchev–Trinajstić information content (AvgIpc) is 3.40. The van der Waals surface area contributed by atoms with Crippen LogP contribution in [0.3, 0.4) is 0 Å². The minimum atomic E-state index is -1.09. The van der Waals surface area contributed by atoms with Gasteiger partial charge in [-0.1, -0.05) is 54.6 Å². The van der Waals surface area contributed by atoms with E-state index in [1.807, 2.05) is 47.8 Å². The maximum absolute atomic E-state index is 13.0. The highest BCUT2D eigenvalue weighted by Gasteiger charge is 2.17. The molecule has 188 valence electrons. The number of benzene rings is 4. The van der Waals surface area contributed by atoms with Crippen molar-refractivity contribution in [3.63, 3.8) is 0 Å². The number of aromatic nitrogens is 1. The number of nitrogens with zero attached hydrogens (tertiary/aromatic N) is 1. The summed E-state index contributed by atoms with van der Waals surface area (Å²) in [6.07, 6.45) is 0. The molecular weight excluding hydrogens is 518 g/mol. The zero-order valence-electron chi connectivity index (χ0n) is 19.9. The second kappa shape index (κ2) is 11.3. The molecule has 1 heterocycles. The Hall–Kier alpha value is -4.47. The predicted octanol–water partition coefficient (Wildman–Crippen LogP) is 6.64. The lowest BCUT2D eigenvalue weighted by atomic mass is 9.98. The Morgan fingerprint density at radius 3 is 2.24 bits per heavy atom. The van der Waals surface area contributed by atoms with Crippen LogP contribution in [0.2, 0.25) is 0 Å². The monoisotopic (exact) mass is 539 g/mol. The number of carbonyl (C=O) groups is 3. The number of rotatable bonds is 8. The predicted molar refractivity (Wildman–Crippen MR) is 152 cm³/mol. The number of hydrogen-bond acceptors (Lipinski definition) is 6. The molecule has 0 aliphatic rings. The molecule has 0 bridgehead atoms. The molecule has 5 aromatic rings. The third kappa shape index (κ3) is 5.74. The molecule has 0 radical (unpaired) electrons. The van der Waals surface area contributed by atoms with Crippen molar-refractivity contribution in [2.45, 2.75) is 4.90 Å². The molecule has 4 aromatic carbocycles. The van der Waals surface area contributed by atoms with Crippen LogP contribution in [0.1, 0.15) is 20.7 Å². The standard InChI is InChI=1S/C29H21N3O4S2/c33-25(32-29-31-24(16-38-29)18-6-2-1-3-7-18)17-37-21-14-12-20(13-15-21)30-27(34)22-10-4-8-19-9-5-11-23(26(19)22)28(35)36/h1-16H,17H2,(H,30,34)(H,35,36)(H,31,32,33). The lowest BCUT2D eigenvalue weighted by molar-refractivity contribution is -0.113. The van der Waals surface area contributed by atoms with Crippen LogP contribution in [-0.2, 0) is 4.79 Å². The van der Waals surface area contributed by atoms with Crippen LogP contribution in [-0.4, -0.2) is 33.6 Å². The van der Waals surface area contributed by atoms with Gasteiger partial charge in [0.25, 0.3) is 5.91 Å². The van der Waals surface area contributed by atoms with Gasteiger partial charge in [0, 0.05) is 32.5 Å². The fourth-order valence-electron chi connectivity index (χ4n) is 3.92. The van der Waals surface area contributed by atoms with E-state index in [2.05, 4.69) is 15.6 Å². The van der Waals surface area contributed by atoms with E-state index in [-0.39, 0.29) is 22.8 Å². The van der Waals surface area contributed by atoms with Crippen LogP contribution in [0.25, 0.3) is 22.0 Å². The minimum absolute atomic E-state index is 0.0762. The fourth-order valence-corrected chi connectivity index (χ4v) is 5.35. The van der Waals surface area contributed by atoms with Gasteiger partial charge in [-0.15, -0.1) is 23.1 Å². The molecule has 3 N–H and O–H groups in total. The molecule has 0 spiro atoms. The van der Waals surface area contributed by atoms with Crippen molar-refractivity contribution < 1.29 is 19.5 Å². The molecular formula is C29H21N3O4S2. The summed E-state index contributed by atoms with van der Waals surface area (Å²) in [5.74, 6) is -1.44. The number of amides is 2. The lowest BCUT2D eigenvalue weighted by Crippen LogP contribution is -2.14. The maximum atomic E-state index is 13.0. The summed E-state index contributed by atoms with van der Waals surface area (Å²) in [5, 5.41) is 18.8. The van der Waals surface area contributed by atoms with Crippen LogP contribution in [0, 0.1) is 0 Å². The Morgan fingerprint density at radius 1 is 0.816 bits per heavy atom. The number of nitrogens with one attached hydrogen (secondary N) is 2. The number of anilines is 2. The molecule has 0 saturated heterocycles. The van der Waals surface area contributed by atoms with Gasteiger partial charge in [-0.05, 0) is 41.8 Å². The van der Waals surface area contributed by atoms with Crippen molar-refractivity contribution in [3.05, 3.63) is 108 Å². The van der Waals surface area contributed by atoms with E-state index in [0.29, 0.717) is 21.6 Å². The van der Waals surface area contributed by atoms with Crippen molar-refractivity contribution in [1.29, 1.82) is 0 Å². The van der Waals surface area contributed by atoms with Crippen molar-refractivity contribution in [2.24, 2.45) is 0 Å². The normalized spacial score (nSPS) is 10.7. The van der Waals surface area contributed by atoms with Crippen LogP contribution in [0.5, 0.6) is 0 Å². The number of carbonyl (C=O) groups excluding carboxylic acids is 2. The molecule has 0 fully saturated rings. The van der Waals surface area contributed by atoms with Gasteiger partial charge in [-0.25, -0.2) is 9.78 Å². The van der Waals surface area contributed by atoms with Crippen molar-refractivity contribution in [3.8, 4) is 11.3 Å². The first-order chi connectivity index (χ1) is 18.5. The first-order valence-electron chi connectivity index (χ1n) is 11.6. The van der Waals surface area contributed by atoms with E-state index in [4.69, 9.17) is 0 Å². The molecule has 0 saturated carbocycles. The van der Waals surface area contributed by atoms with Crippen molar-refractivity contribution >= 4 is 62.5 Å². The topological polar surface area (TPSA) is 108 Å². The number of carboxylic acid groups (broad SMARTS) is 1. The largest absolute Gasteiger partial charge is 0.478 e. The quantitative estimate of drug-likeness (QED) is 0.191. The second-order valence-electron chi connectivity index (χ2n) is 8.23. The van der Waals surface area contributed by atoms with E-state index in [1.165, 1.54) is 29.2 Å². The van der Waals surface area contributed by atoms with Gasteiger partial charge in [-0.2, -0.15) is 0 Å². The fraction of sp³-hybridized carbons (Fsp3) is 0.0345. The zero-order chi connectivity index (χ0) is 26.5. The summed E-state index contributed by atoms with van der Waals surface area (Å²) in [5.41, 5.74) is 2.73. The molecule has 0 aliphatic heterocycles.